The van der Waals surface area contributed by atoms with Crippen molar-refractivity contribution in [1.82, 2.24) is 5.32 Å². The predicted octanol–water partition coefficient (Wildman–Crippen LogP) is 1.85. The van der Waals surface area contributed by atoms with E-state index in [1.807, 2.05) is 19.1 Å². The summed E-state index contributed by atoms with van der Waals surface area (Å²) in [6.45, 7) is 3.23. The Bertz CT molecular complexity index is 492. The first-order valence-corrected chi connectivity index (χ1v) is 7.22. The number of amides is 1. The summed E-state index contributed by atoms with van der Waals surface area (Å²) in [5, 5.41) is 12.3. The van der Waals surface area contributed by atoms with Gasteiger partial charge in [0.1, 0.15) is 0 Å². The highest BCUT2D eigenvalue weighted by molar-refractivity contribution is 5.85. The predicted molar refractivity (Wildman–Crippen MR) is 78.2 cm³/mol. The van der Waals surface area contributed by atoms with E-state index in [2.05, 4.69) is 5.32 Å². The lowest BCUT2D eigenvalue weighted by atomic mass is 9.94. The van der Waals surface area contributed by atoms with Gasteiger partial charge < -0.3 is 15.2 Å². The van der Waals surface area contributed by atoms with Crippen molar-refractivity contribution in [1.29, 1.82) is 0 Å². The molecule has 2 N–H and O–H groups in total. The number of hydrogen-bond acceptors (Lipinski definition) is 3. The van der Waals surface area contributed by atoms with Gasteiger partial charge in [-0.1, -0.05) is 29.8 Å². The van der Waals surface area contributed by atoms with Crippen molar-refractivity contribution >= 4 is 11.9 Å². The van der Waals surface area contributed by atoms with Crippen molar-refractivity contribution in [2.45, 2.75) is 38.1 Å². The number of aryl methyl sites for hydroxylation is 1. The van der Waals surface area contributed by atoms with Gasteiger partial charge in [0.05, 0.1) is 5.92 Å². The molecule has 1 atom stereocenters. The molecule has 1 aliphatic heterocycles. The smallest absolute Gasteiger partial charge is 0.311 e. The second-order valence-corrected chi connectivity index (χ2v) is 5.46. The van der Waals surface area contributed by atoms with Crippen LogP contribution in [0.25, 0.3) is 0 Å². The van der Waals surface area contributed by atoms with Crippen LogP contribution in [0.3, 0.4) is 0 Å². The normalized spacial score (nSPS) is 17.2. The summed E-state index contributed by atoms with van der Waals surface area (Å²) >= 11 is 0. The molecule has 0 radical (unpaired) electrons. The van der Waals surface area contributed by atoms with Crippen LogP contribution in [0.15, 0.2) is 24.3 Å². The van der Waals surface area contributed by atoms with Crippen LogP contribution < -0.4 is 5.32 Å². The molecule has 0 bridgehead atoms. The number of ether oxygens (including phenoxy) is 1. The first kappa shape index (κ1) is 15.5. The highest BCUT2D eigenvalue weighted by Crippen LogP contribution is 2.21. The number of carbonyl (C=O) groups excluding carboxylic acids is 1. The third kappa shape index (κ3) is 4.56. The Kier molecular flexibility index (Phi) is 5.33. The highest BCUT2D eigenvalue weighted by atomic mass is 16.5. The van der Waals surface area contributed by atoms with Gasteiger partial charge in [0.2, 0.25) is 5.91 Å². The number of benzene rings is 1. The summed E-state index contributed by atoms with van der Waals surface area (Å²) in [6.07, 6.45) is 1.54. The second kappa shape index (κ2) is 7.22. The molecule has 1 unspecified atom stereocenters. The summed E-state index contributed by atoms with van der Waals surface area (Å²) in [4.78, 5) is 23.5. The zero-order valence-electron chi connectivity index (χ0n) is 12.2. The van der Waals surface area contributed by atoms with E-state index in [4.69, 9.17) is 4.74 Å². The van der Waals surface area contributed by atoms with Crippen LogP contribution in [-0.4, -0.2) is 36.2 Å². The Labute approximate surface area is 124 Å². The number of hydrogen-bond donors (Lipinski definition) is 2. The molecule has 1 aliphatic rings. The first-order chi connectivity index (χ1) is 10.1. The molecule has 21 heavy (non-hydrogen) atoms. The van der Waals surface area contributed by atoms with Crippen molar-refractivity contribution < 1.29 is 19.4 Å². The zero-order valence-corrected chi connectivity index (χ0v) is 12.2. The van der Waals surface area contributed by atoms with Crippen LogP contribution in [0.1, 0.15) is 36.3 Å². The fourth-order valence-corrected chi connectivity index (χ4v) is 2.46. The third-order valence-electron chi connectivity index (χ3n) is 3.75. The van der Waals surface area contributed by atoms with Gasteiger partial charge in [0, 0.05) is 25.7 Å². The zero-order chi connectivity index (χ0) is 15.2. The highest BCUT2D eigenvalue weighted by Gasteiger charge is 2.25. The van der Waals surface area contributed by atoms with E-state index in [0.717, 1.165) is 18.4 Å². The molecule has 5 nitrogen and oxygen atoms in total. The fraction of sp³-hybridized carbons (Fsp3) is 0.500. The van der Waals surface area contributed by atoms with Gasteiger partial charge in [-0.25, -0.2) is 0 Å². The average Bonchev–Trinajstić information content (AvgIpc) is 2.47. The van der Waals surface area contributed by atoms with Gasteiger partial charge in [-0.15, -0.1) is 0 Å². The van der Waals surface area contributed by atoms with Crippen LogP contribution >= 0.6 is 0 Å². The van der Waals surface area contributed by atoms with E-state index in [9.17, 15) is 14.7 Å². The Morgan fingerprint density at radius 2 is 1.90 bits per heavy atom. The largest absolute Gasteiger partial charge is 0.481 e. The lowest BCUT2D eigenvalue weighted by Crippen LogP contribution is -2.39. The average molecular weight is 291 g/mol. The number of carboxylic acid groups (broad SMARTS) is 1. The molecule has 2 rings (SSSR count). The Morgan fingerprint density at radius 1 is 1.29 bits per heavy atom. The van der Waals surface area contributed by atoms with Crippen LogP contribution in [0, 0.1) is 6.92 Å². The minimum atomic E-state index is -0.971. The molecular weight excluding hydrogens is 270 g/mol. The van der Waals surface area contributed by atoms with Crippen LogP contribution in [0.4, 0.5) is 0 Å². The van der Waals surface area contributed by atoms with Crippen molar-refractivity contribution in [2.75, 3.05) is 13.2 Å². The van der Waals surface area contributed by atoms with Crippen molar-refractivity contribution in [3.63, 3.8) is 0 Å². The maximum Gasteiger partial charge on any atom is 0.311 e. The Hall–Kier alpha value is -1.88. The monoisotopic (exact) mass is 291 g/mol. The van der Waals surface area contributed by atoms with Gasteiger partial charge in [-0.2, -0.15) is 0 Å². The lowest BCUT2D eigenvalue weighted by Gasteiger charge is -2.24. The minimum absolute atomic E-state index is 0.0320. The molecule has 1 saturated heterocycles. The molecule has 0 aromatic heterocycles. The van der Waals surface area contributed by atoms with Crippen LogP contribution in [0.5, 0.6) is 0 Å². The summed E-state index contributed by atoms with van der Waals surface area (Å²) in [6, 6.07) is 7.37. The molecular formula is C16H21NO4. The third-order valence-corrected chi connectivity index (χ3v) is 3.75. The number of rotatable bonds is 5. The van der Waals surface area contributed by atoms with E-state index in [1.165, 1.54) is 0 Å². The summed E-state index contributed by atoms with van der Waals surface area (Å²) in [5.74, 6) is -1.98. The van der Waals surface area contributed by atoms with Gasteiger partial charge in [0.25, 0.3) is 0 Å². The van der Waals surface area contributed by atoms with Crippen molar-refractivity contribution in [3.8, 4) is 0 Å². The molecule has 0 aliphatic carbocycles. The van der Waals surface area contributed by atoms with Gasteiger partial charge in [0.15, 0.2) is 0 Å². The maximum absolute atomic E-state index is 12.1. The number of carboxylic acids is 1. The maximum atomic E-state index is 12.1. The molecule has 1 aromatic carbocycles. The number of carbonyl (C=O) groups is 2. The quantitative estimate of drug-likeness (QED) is 0.868. The Morgan fingerprint density at radius 3 is 2.48 bits per heavy atom. The molecule has 114 valence electrons. The topological polar surface area (TPSA) is 75.6 Å². The SMILES string of the molecule is Cc1ccc(C(CC(=O)NC2CCOCC2)C(=O)O)cc1. The van der Waals surface area contributed by atoms with Gasteiger partial charge in [-0.05, 0) is 25.3 Å². The molecule has 1 amide bonds. The standard InChI is InChI=1S/C16H21NO4/c1-11-2-4-12(5-3-11)14(16(19)20)10-15(18)17-13-6-8-21-9-7-13/h2-5,13-14H,6-10H2,1H3,(H,17,18)(H,19,20). The van der Waals surface area contributed by atoms with Gasteiger partial charge >= 0.3 is 5.97 Å². The number of nitrogens with one attached hydrogen (secondary N) is 1. The summed E-state index contributed by atoms with van der Waals surface area (Å²) in [5.41, 5.74) is 1.73. The van der Waals surface area contributed by atoms with Crippen molar-refractivity contribution in [2.24, 2.45) is 0 Å². The molecule has 1 aromatic rings. The lowest BCUT2D eigenvalue weighted by molar-refractivity contribution is -0.141. The summed E-state index contributed by atoms with van der Waals surface area (Å²) in [7, 11) is 0. The first-order valence-electron chi connectivity index (χ1n) is 7.22. The van der Waals surface area contributed by atoms with E-state index >= 15 is 0 Å². The van der Waals surface area contributed by atoms with Crippen LogP contribution in [-0.2, 0) is 14.3 Å². The van der Waals surface area contributed by atoms with E-state index in [1.54, 1.807) is 12.1 Å². The van der Waals surface area contributed by atoms with Crippen molar-refractivity contribution in [3.05, 3.63) is 35.4 Å². The van der Waals surface area contributed by atoms with E-state index in [-0.39, 0.29) is 18.4 Å². The molecule has 5 heteroatoms. The Balaban J connectivity index is 1.97. The van der Waals surface area contributed by atoms with Gasteiger partial charge in [-0.3, -0.25) is 9.59 Å². The van der Waals surface area contributed by atoms with E-state index < -0.39 is 11.9 Å². The molecule has 1 fully saturated rings. The number of aliphatic carboxylic acids is 1. The van der Waals surface area contributed by atoms with Crippen LogP contribution in [0.2, 0.25) is 0 Å². The van der Waals surface area contributed by atoms with E-state index in [0.29, 0.717) is 18.8 Å². The molecule has 0 saturated carbocycles. The molecule has 0 spiro atoms. The minimum Gasteiger partial charge on any atom is -0.481 e. The second-order valence-electron chi connectivity index (χ2n) is 5.46. The fourth-order valence-electron chi connectivity index (χ4n) is 2.46. The molecule has 1 heterocycles. The summed E-state index contributed by atoms with van der Waals surface area (Å²) < 4.78 is 5.24.